The van der Waals surface area contributed by atoms with Crippen molar-refractivity contribution >= 4 is 17.3 Å². The van der Waals surface area contributed by atoms with Gasteiger partial charge in [-0.25, -0.2) is 15.0 Å². The smallest absolute Gasteiger partial charge is 0.227 e. The van der Waals surface area contributed by atoms with Crippen LogP contribution in [0.25, 0.3) is 28.3 Å². The first-order valence-corrected chi connectivity index (χ1v) is 15.5. The van der Waals surface area contributed by atoms with Gasteiger partial charge in [-0.2, -0.15) is 0 Å². The topological polar surface area (TPSA) is 94.8 Å². The fourth-order valence-corrected chi connectivity index (χ4v) is 6.00. The molecule has 1 aliphatic heterocycles. The maximum Gasteiger partial charge on any atom is 0.227 e. The second kappa shape index (κ2) is 13.3. The molecule has 0 atom stereocenters. The Morgan fingerprint density at radius 2 is 1.65 bits per heavy atom. The van der Waals surface area contributed by atoms with Crippen LogP contribution >= 0.6 is 0 Å². The van der Waals surface area contributed by atoms with Crippen LogP contribution in [-0.4, -0.2) is 46.7 Å². The van der Waals surface area contributed by atoms with Gasteiger partial charge in [0.25, 0.3) is 0 Å². The van der Waals surface area contributed by atoms with Gasteiger partial charge < -0.3 is 24.8 Å². The molecule has 3 aromatic carbocycles. The number of hydrogen-bond donors (Lipinski definition) is 2. The van der Waals surface area contributed by atoms with Gasteiger partial charge >= 0.3 is 0 Å². The number of ether oxygens (including phenoxy) is 3. The number of rotatable bonds is 10. The fourth-order valence-electron chi connectivity index (χ4n) is 6.00. The van der Waals surface area contributed by atoms with Crippen molar-refractivity contribution in [2.24, 2.45) is 0 Å². The number of hydrogen-bond acceptors (Lipinski definition) is 8. The Balaban J connectivity index is 1.21. The largest absolute Gasteiger partial charge is 0.495 e. The fraction of sp³-hybridized carbons (Fsp3) is 0.216. The first kappa shape index (κ1) is 29.3. The average Bonchev–Trinajstić information content (AvgIpc) is 3.51. The predicted octanol–water partition coefficient (Wildman–Crippen LogP) is 7.27. The molecular formula is C37H36N6O3. The summed E-state index contributed by atoms with van der Waals surface area (Å²) in [6.45, 7) is 2.52. The van der Waals surface area contributed by atoms with Crippen molar-refractivity contribution in [1.29, 1.82) is 0 Å². The maximum absolute atomic E-state index is 6.12. The number of nitrogens with zero attached hydrogens (tertiary/aromatic N) is 4. The van der Waals surface area contributed by atoms with Crippen LogP contribution in [0.4, 0.5) is 11.6 Å². The molecule has 9 nitrogen and oxygen atoms in total. The summed E-state index contributed by atoms with van der Waals surface area (Å²) < 4.78 is 19.7. The highest BCUT2D eigenvalue weighted by Crippen LogP contribution is 2.38. The molecule has 232 valence electrons. The summed E-state index contributed by atoms with van der Waals surface area (Å²) in [5.41, 5.74) is 7.21. The van der Waals surface area contributed by atoms with E-state index >= 15 is 0 Å². The van der Waals surface area contributed by atoms with E-state index < -0.39 is 0 Å². The number of piperidine rings is 1. The molecule has 0 saturated carbocycles. The molecule has 0 unspecified atom stereocenters. The van der Waals surface area contributed by atoms with Crippen LogP contribution in [0.5, 0.6) is 17.2 Å². The molecule has 2 N–H and O–H groups in total. The highest BCUT2D eigenvalue weighted by atomic mass is 16.5. The van der Waals surface area contributed by atoms with E-state index in [0.29, 0.717) is 30.0 Å². The van der Waals surface area contributed by atoms with Crippen molar-refractivity contribution in [3.63, 3.8) is 0 Å². The summed E-state index contributed by atoms with van der Waals surface area (Å²) in [5, 5.41) is 6.83. The van der Waals surface area contributed by atoms with E-state index in [2.05, 4.69) is 33.8 Å². The highest BCUT2D eigenvalue weighted by molar-refractivity contribution is 5.82. The third kappa shape index (κ3) is 6.09. The lowest BCUT2D eigenvalue weighted by Gasteiger charge is -2.24. The Kier molecular flexibility index (Phi) is 8.47. The summed E-state index contributed by atoms with van der Waals surface area (Å²) in [5.74, 6) is 3.04. The van der Waals surface area contributed by atoms with Gasteiger partial charge in [-0.05, 0) is 91.5 Å². The Morgan fingerprint density at radius 3 is 2.48 bits per heavy atom. The van der Waals surface area contributed by atoms with Gasteiger partial charge in [0.15, 0.2) is 11.5 Å². The Morgan fingerprint density at radius 1 is 0.826 bits per heavy atom. The maximum atomic E-state index is 6.12. The zero-order valence-electron chi connectivity index (χ0n) is 25.9. The molecular weight excluding hydrogens is 576 g/mol. The summed E-state index contributed by atoms with van der Waals surface area (Å²) in [7, 11) is 3.34. The zero-order chi connectivity index (χ0) is 31.3. The van der Waals surface area contributed by atoms with Crippen molar-refractivity contribution in [2.75, 3.05) is 32.6 Å². The second-order valence-electron chi connectivity index (χ2n) is 11.3. The SMILES string of the molecule is COc1cc(C2CCNCC2)ccc1Nc1nccc(-c2c(-c3ccc(OCc4ccccc4)c(OC)c3)nc3ccccn23)n1. The number of nitrogens with one attached hydrogen (secondary N) is 2. The van der Waals surface area contributed by atoms with E-state index in [4.69, 9.17) is 24.2 Å². The van der Waals surface area contributed by atoms with Crippen molar-refractivity contribution < 1.29 is 14.2 Å². The molecule has 6 aromatic rings. The van der Waals surface area contributed by atoms with E-state index in [0.717, 1.165) is 71.2 Å². The van der Waals surface area contributed by atoms with E-state index in [1.807, 2.05) is 83.4 Å². The minimum Gasteiger partial charge on any atom is -0.495 e. The number of pyridine rings is 1. The van der Waals surface area contributed by atoms with Crippen LogP contribution < -0.4 is 24.8 Å². The van der Waals surface area contributed by atoms with Gasteiger partial charge in [0, 0.05) is 18.0 Å². The van der Waals surface area contributed by atoms with Crippen molar-refractivity contribution in [2.45, 2.75) is 25.4 Å². The number of imidazole rings is 1. The predicted molar refractivity (Wildman–Crippen MR) is 180 cm³/mol. The molecule has 4 heterocycles. The molecule has 7 rings (SSSR count). The van der Waals surface area contributed by atoms with E-state index in [1.165, 1.54) is 5.56 Å². The molecule has 0 radical (unpaired) electrons. The van der Waals surface area contributed by atoms with E-state index in [1.54, 1.807) is 20.4 Å². The number of methoxy groups -OCH3 is 2. The molecule has 1 fully saturated rings. The number of anilines is 2. The number of benzene rings is 3. The van der Waals surface area contributed by atoms with Gasteiger partial charge in [-0.1, -0.05) is 42.5 Å². The van der Waals surface area contributed by atoms with Crippen LogP contribution in [0, 0.1) is 0 Å². The number of aromatic nitrogens is 4. The van der Waals surface area contributed by atoms with Crippen LogP contribution in [-0.2, 0) is 6.61 Å². The molecule has 1 aliphatic rings. The quantitative estimate of drug-likeness (QED) is 0.167. The van der Waals surface area contributed by atoms with E-state index in [-0.39, 0.29) is 0 Å². The number of fused-ring (bicyclic) bond motifs is 1. The molecule has 0 bridgehead atoms. The van der Waals surface area contributed by atoms with Gasteiger partial charge in [0.2, 0.25) is 5.95 Å². The Labute approximate surface area is 268 Å². The Hall–Kier alpha value is -5.41. The Bertz CT molecular complexity index is 1950. The van der Waals surface area contributed by atoms with Crippen molar-refractivity contribution in [3.05, 3.63) is 115 Å². The monoisotopic (exact) mass is 612 g/mol. The summed E-state index contributed by atoms with van der Waals surface area (Å²) in [4.78, 5) is 14.5. The van der Waals surface area contributed by atoms with Gasteiger partial charge in [-0.3, -0.25) is 4.40 Å². The van der Waals surface area contributed by atoms with E-state index in [9.17, 15) is 0 Å². The van der Waals surface area contributed by atoms with Crippen molar-refractivity contribution in [3.8, 4) is 39.9 Å². The second-order valence-corrected chi connectivity index (χ2v) is 11.3. The standard InChI is InChI=1S/C37H36N6O3/c1-44-32-22-27(26-15-18-38-19-16-26)11-13-29(32)40-37-39-20-17-30(41-37)36-35(42-34-10-6-7-21-43(34)36)28-12-14-31(33(23-28)45-2)46-24-25-8-4-3-5-9-25/h3-14,17,20-23,26,38H,15-16,18-19,24H2,1-2H3,(H,39,40,41). The zero-order valence-corrected chi connectivity index (χ0v) is 25.9. The third-order valence-electron chi connectivity index (χ3n) is 8.38. The van der Waals surface area contributed by atoms with Crippen LogP contribution in [0.1, 0.15) is 29.9 Å². The van der Waals surface area contributed by atoms with Crippen LogP contribution in [0.15, 0.2) is 103 Å². The first-order chi connectivity index (χ1) is 22.7. The molecule has 0 amide bonds. The summed E-state index contributed by atoms with van der Waals surface area (Å²) in [6.07, 6.45) is 6.00. The molecule has 9 heteroatoms. The van der Waals surface area contributed by atoms with Gasteiger partial charge in [-0.15, -0.1) is 0 Å². The van der Waals surface area contributed by atoms with Gasteiger partial charge in [0.1, 0.15) is 18.0 Å². The average molecular weight is 613 g/mol. The summed E-state index contributed by atoms with van der Waals surface area (Å²) >= 11 is 0. The molecule has 1 saturated heterocycles. The lowest BCUT2D eigenvalue weighted by Crippen LogP contribution is -2.26. The minimum atomic E-state index is 0.443. The molecule has 3 aromatic heterocycles. The van der Waals surface area contributed by atoms with Crippen molar-refractivity contribution in [1.82, 2.24) is 24.7 Å². The lowest BCUT2D eigenvalue weighted by molar-refractivity contribution is 0.284. The molecule has 0 spiro atoms. The van der Waals surface area contributed by atoms with Crippen LogP contribution in [0.2, 0.25) is 0 Å². The lowest BCUT2D eigenvalue weighted by atomic mass is 9.90. The molecule has 0 aliphatic carbocycles. The third-order valence-corrected chi connectivity index (χ3v) is 8.38. The normalized spacial score (nSPS) is 13.4. The highest BCUT2D eigenvalue weighted by Gasteiger charge is 2.21. The minimum absolute atomic E-state index is 0.443. The first-order valence-electron chi connectivity index (χ1n) is 15.5. The van der Waals surface area contributed by atoms with Crippen LogP contribution in [0.3, 0.4) is 0 Å². The molecule has 46 heavy (non-hydrogen) atoms. The summed E-state index contributed by atoms with van der Waals surface area (Å²) in [6, 6.07) is 30.2. The van der Waals surface area contributed by atoms with Gasteiger partial charge in [0.05, 0.1) is 37.0 Å².